The molecule has 5 nitrogen and oxygen atoms in total. The Morgan fingerprint density at radius 2 is 2.43 bits per heavy atom. The second-order valence-electron chi connectivity index (χ2n) is 2.82. The number of hydrogen-bond acceptors (Lipinski definition) is 4. The molecule has 1 N–H and O–H groups in total. The van der Waals surface area contributed by atoms with E-state index in [2.05, 4.69) is 15.5 Å². The summed E-state index contributed by atoms with van der Waals surface area (Å²) < 4.78 is 0. The molecule has 1 amide bonds. The first-order valence-corrected chi connectivity index (χ1v) is 4.24. The number of carbonyl (C=O) groups excluding carboxylic acids is 1. The van der Waals surface area contributed by atoms with Crippen LogP contribution in [-0.2, 0) is 11.3 Å². The van der Waals surface area contributed by atoms with E-state index in [0.717, 1.165) is 5.69 Å². The van der Waals surface area contributed by atoms with Gasteiger partial charge in [0.05, 0.1) is 12.2 Å². The third-order valence-electron chi connectivity index (χ3n) is 1.71. The van der Waals surface area contributed by atoms with Crippen LogP contribution in [0.1, 0.15) is 12.6 Å². The van der Waals surface area contributed by atoms with Gasteiger partial charge in [-0.15, -0.1) is 4.91 Å². The van der Waals surface area contributed by atoms with Gasteiger partial charge in [-0.3, -0.25) is 9.78 Å². The predicted octanol–water partition coefficient (Wildman–Crippen LogP) is 0.853. The van der Waals surface area contributed by atoms with Gasteiger partial charge in [0.1, 0.15) is 0 Å². The molecule has 0 aromatic carbocycles. The third-order valence-corrected chi connectivity index (χ3v) is 1.71. The molecule has 0 fully saturated rings. The highest BCUT2D eigenvalue weighted by Gasteiger charge is 2.11. The highest BCUT2D eigenvalue weighted by Crippen LogP contribution is 1.93. The summed E-state index contributed by atoms with van der Waals surface area (Å²) in [5, 5.41) is 5.17. The summed E-state index contributed by atoms with van der Waals surface area (Å²) in [6, 6.07) is 4.56. The Labute approximate surface area is 81.5 Å². The van der Waals surface area contributed by atoms with Crippen molar-refractivity contribution in [3.05, 3.63) is 35.0 Å². The van der Waals surface area contributed by atoms with E-state index in [-0.39, 0.29) is 5.91 Å². The van der Waals surface area contributed by atoms with Crippen molar-refractivity contribution in [2.75, 3.05) is 0 Å². The van der Waals surface area contributed by atoms with Crippen LogP contribution < -0.4 is 5.32 Å². The van der Waals surface area contributed by atoms with Crippen LogP contribution in [0.2, 0.25) is 0 Å². The number of rotatable bonds is 4. The molecule has 1 atom stereocenters. The van der Waals surface area contributed by atoms with E-state index >= 15 is 0 Å². The number of pyridine rings is 1. The third kappa shape index (κ3) is 2.93. The minimum Gasteiger partial charge on any atom is -0.348 e. The zero-order valence-electron chi connectivity index (χ0n) is 7.80. The smallest absolute Gasteiger partial charge is 0.248 e. The summed E-state index contributed by atoms with van der Waals surface area (Å²) in [7, 11) is 0. The molecule has 0 spiro atoms. The molecule has 0 aliphatic heterocycles. The predicted molar refractivity (Wildman–Crippen MR) is 51.3 cm³/mol. The van der Waals surface area contributed by atoms with Crippen molar-refractivity contribution >= 4 is 5.91 Å². The largest absolute Gasteiger partial charge is 0.348 e. The number of aromatic nitrogens is 1. The van der Waals surface area contributed by atoms with E-state index in [1.807, 2.05) is 6.07 Å². The fourth-order valence-corrected chi connectivity index (χ4v) is 0.876. The number of carbonyl (C=O) groups is 1. The lowest BCUT2D eigenvalue weighted by Crippen LogP contribution is -2.31. The topological polar surface area (TPSA) is 71.4 Å². The monoisotopic (exact) mass is 193 g/mol. The van der Waals surface area contributed by atoms with Crippen LogP contribution in [0.5, 0.6) is 0 Å². The van der Waals surface area contributed by atoms with Crippen molar-refractivity contribution in [1.29, 1.82) is 0 Å². The fourth-order valence-electron chi connectivity index (χ4n) is 0.876. The highest BCUT2D eigenvalue weighted by atomic mass is 16.3. The second-order valence-corrected chi connectivity index (χ2v) is 2.82. The maximum Gasteiger partial charge on any atom is 0.248 e. The van der Waals surface area contributed by atoms with Gasteiger partial charge in [-0.2, -0.15) is 0 Å². The SMILES string of the molecule is CC(N=O)C(=O)NCc1ccccn1. The van der Waals surface area contributed by atoms with Crippen LogP contribution in [0, 0.1) is 4.91 Å². The van der Waals surface area contributed by atoms with E-state index in [9.17, 15) is 9.70 Å². The molecular weight excluding hydrogens is 182 g/mol. The molecule has 5 heteroatoms. The molecule has 1 aromatic heterocycles. The zero-order valence-corrected chi connectivity index (χ0v) is 7.80. The van der Waals surface area contributed by atoms with Crippen molar-refractivity contribution < 1.29 is 4.79 Å². The molecule has 74 valence electrons. The van der Waals surface area contributed by atoms with E-state index in [1.165, 1.54) is 6.92 Å². The Hall–Kier alpha value is -1.78. The van der Waals surface area contributed by atoms with Gasteiger partial charge in [0.2, 0.25) is 5.91 Å². The number of amides is 1. The van der Waals surface area contributed by atoms with Crippen LogP contribution in [0.25, 0.3) is 0 Å². The molecule has 0 saturated carbocycles. The number of hydrogen-bond donors (Lipinski definition) is 1. The Kier molecular flexibility index (Phi) is 3.72. The average molecular weight is 193 g/mol. The Morgan fingerprint density at radius 3 is 3.00 bits per heavy atom. The van der Waals surface area contributed by atoms with Crippen molar-refractivity contribution in [3.8, 4) is 0 Å². The van der Waals surface area contributed by atoms with Gasteiger partial charge in [-0.25, -0.2) is 0 Å². The molecule has 0 aliphatic rings. The van der Waals surface area contributed by atoms with Crippen LogP contribution in [0.4, 0.5) is 0 Å². The molecule has 1 unspecified atom stereocenters. The van der Waals surface area contributed by atoms with Gasteiger partial charge in [-0.05, 0) is 19.1 Å². The van der Waals surface area contributed by atoms with Crippen molar-refractivity contribution in [3.63, 3.8) is 0 Å². The Balaban J connectivity index is 2.42. The molecule has 0 saturated heterocycles. The van der Waals surface area contributed by atoms with Crippen LogP contribution in [0.15, 0.2) is 29.6 Å². The molecule has 1 heterocycles. The first kappa shape index (κ1) is 10.3. The standard InChI is InChI=1S/C9H11N3O2/c1-7(12-14)9(13)11-6-8-4-2-3-5-10-8/h2-5,7H,6H2,1H3,(H,11,13). The summed E-state index contributed by atoms with van der Waals surface area (Å²) in [5.41, 5.74) is 0.749. The molecule has 1 rings (SSSR count). The Morgan fingerprint density at radius 1 is 1.64 bits per heavy atom. The summed E-state index contributed by atoms with van der Waals surface area (Å²) in [6.07, 6.45) is 1.64. The fraction of sp³-hybridized carbons (Fsp3) is 0.333. The van der Waals surface area contributed by atoms with E-state index in [0.29, 0.717) is 6.54 Å². The number of nitrogens with zero attached hydrogens (tertiary/aromatic N) is 2. The molecule has 14 heavy (non-hydrogen) atoms. The van der Waals surface area contributed by atoms with Crippen LogP contribution in [-0.4, -0.2) is 16.9 Å². The van der Waals surface area contributed by atoms with Gasteiger partial charge in [0, 0.05) is 6.20 Å². The van der Waals surface area contributed by atoms with Crippen molar-refractivity contribution in [2.45, 2.75) is 19.5 Å². The minimum absolute atomic E-state index is 0.319. The van der Waals surface area contributed by atoms with Crippen LogP contribution >= 0.6 is 0 Å². The molecule has 0 radical (unpaired) electrons. The number of nitrogens with one attached hydrogen (secondary N) is 1. The molecule has 0 aliphatic carbocycles. The normalized spacial score (nSPS) is 11.8. The Bertz CT molecular complexity index is 313. The van der Waals surface area contributed by atoms with E-state index in [4.69, 9.17) is 0 Å². The minimum atomic E-state index is -0.848. The summed E-state index contributed by atoms with van der Waals surface area (Å²) in [6.45, 7) is 1.76. The molecular formula is C9H11N3O2. The first-order chi connectivity index (χ1) is 6.74. The van der Waals surface area contributed by atoms with E-state index in [1.54, 1.807) is 18.3 Å². The van der Waals surface area contributed by atoms with Gasteiger partial charge in [0.15, 0.2) is 6.04 Å². The lowest BCUT2D eigenvalue weighted by atomic mass is 10.3. The quantitative estimate of drug-likeness (QED) is 0.720. The van der Waals surface area contributed by atoms with E-state index < -0.39 is 6.04 Å². The van der Waals surface area contributed by atoms with Crippen molar-refractivity contribution in [2.24, 2.45) is 5.18 Å². The van der Waals surface area contributed by atoms with Gasteiger partial charge < -0.3 is 5.32 Å². The average Bonchev–Trinajstić information content (AvgIpc) is 2.26. The van der Waals surface area contributed by atoms with Crippen molar-refractivity contribution in [1.82, 2.24) is 10.3 Å². The summed E-state index contributed by atoms with van der Waals surface area (Å²) in [4.78, 5) is 25.2. The molecule has 1 aromatic rings. The maximum absolute atomic E-state index is 11.1. The summed E-state index contributed by atoms with van der Waals surface area (Å²) >= 11 is 0. The lowest BCUT2D eigenvalue weighted by Gasteiger charge is -2.04. The second kappa shape index (κ2) is 5.06. The van der Waals surface area contributed by atoms with Gasteiger partial charge in [-0.1, -0.05) is 11.2 Å². The molecule has 0 bridgehead atoms. The highest BCUT2D eigenvalue weighted by molar-refractivity contribution is 5.81. The van der Waals surface area contributed by atoms with Gasteiger partial charge >= 0.3 is 0 Å². The summed E-state index contributed by atoms with van der Waals surface area (Å²) in [5.74, 6) is -0.384. The first-order valence-electron chi connectivity index (χ1n) is 4.24. The van der Waals surface area contributed by atoms with Crippen LogP contribution in [0.3, 0.4) is 0 Å². The maximum atomic E-state index is 11.1. The van der Waals surface area contributed by atoms with Gasteiger partial charge in [0.25, 0.3) is 0 Å². The lowest BCUT2D eigenvalue weighted by molar-refractivity contribution is -0.122. The zero-order chi connectivity index (χ0) is 10.4. The number of nitroso groups, excluding NO2 is 1.